The van der Waals surface area contributed by atoms with E-state index < -0.39 is 278 Å². The van der Waals surface area contributed by atoms with Gasteiger partial charge in [0.15, 0.2) is 43.5 Å². The third-order valence-corrected chi connectivity index (χ3v) is 25.6. The lowest BCUT2D eigenvalue weighted by Crippen LogP contribution is -2.70. The van der Waals surface area contributed by atoms with E-state index in [1.165, 1.54) is 48.5 Å². The van der Waals surface area contributed by atoms with Gasteiger partial charge in [-0.15, -0.1) is 0 Å². The van der Waals surface area contributed by atoms with E-state index in [-0.39, 0.29) is 37.5 Å². The van der Waals surface area contributed by atoms with Crippen LogP contribution in [0.3, 0.4) is 0 Å². The van der Waals surface area contributed by atoms with Gasteiger partial charge in [-0.05, 0) is 139 Å². The molecule has 0 spiro atoms. The van der Waals surface area contributed by atoms with Crippen molar-refractivity contribution in [1.82, 2.24) is 0 Å². The molecule has 0 amide bonds. The summed E-state index contributed by atoms with van der Waals surface area (Å²) in [7, 11) is 0. The molecular formula is C73H116O33. The molecular weight excluding hydrogens is 1400 g/mol. The third-order valence-electron chi connectivity index (χ3n) is 25.6. The molecule has 10 aliphatic rings. The summed E-state index contributed by atoms with van der Waals surface area (Å²) in [4.78, 5) is 68.2. The molecule has 33 heteroatoms. The summed E-state index contributed by atoms with van der Waals surface area (Å²) < 4.78 is 83.4. The van der Waals surface area contributed by atoms with Crippen LogP contribution in [0.5, 0.6) is 0 Å². The van der Waals surface area contributed by atoms with Crippen molar-refractivity contribution in [3.8, 4) is 0 Å². The van der Waals surface area contributed by atoms with Crippen molar-refractivity contribution in [3.05, 3.63) is 11.6 Å². The molecule has 106 heavy (non-hydrogen) atoms. The summed E-state index contributed by atoms with van der Waals surface area (Å²) in [5.74, 6) is -5.73. The topological polar surface area (TPSA) is 498 Å². The summed E-state index contributed by atoms with van der Waals surface area (Å²) in [6.45, 7) is 22.4. The fraction of sp³-hybridized carbons (Fsp3) is 0.904. The Kier molecular flexibility index (Phi) is 25.8. The highest BCUT2D eigenvalue weighted by Gasteiger charge is 2.74. The van der Waals surface area contributed by atoms with Crippen molar-refractivity contribution in [2.24, 2.45) is 50.2 Å². The summed E-state index contributed by atoms with van der Waals surface area (Å²) in [6.07, 6.45) is -43.0. The van der Waals surface area contributed by atoms with Gasteiger partial charge in [-0.2, -0.15) is 0 Å². The summed E-state index contributed by atoms with van der Waals surface area (Å²) in [6, 6.07) is 0. The van der Waals surface area contributed by atoms with E-state index >= 15 is 4.79 Å². The number of aliphatic hydroxyl groups is 14. The lowest BCUT2D eigenvalue weighted by atomic mass is 9.33. The first-order valence-electron chi connectivity index (χ1n) is 37.4. The Hall–Kier alpha value is -3.83. The first kappa shape index (κ1) is 84.6. The molecule has 606 valence electrons. The molecule has 2 unspecified atom stereocenters. The number of hydrogen-bond donors (Lipinski definition) is 14. The monoisotopic (exact) mass is 1520 g/mol. The van der Waals surface area contributed by atoms with Crippen LogP contribution in [0.2, 0.25) is 0 Å². The Morgan fingerprint density at radius 2 is 1.05 bits per heavy atom. The van der Waals surface area contributed by atoms with Gasteiger partial charge in [0.25, 0.3) is 0 Å². The van der Waals surface area contributed by atoms with Crippen LogP contribution in [0.4, 0.5) is 0 Å². The van der Waals surface area contributed by atoms with Gasteiger partial charge < -0.3 is 138 Å². The zero-order valence-corrected chi connectivity index (χ0v) is 62.8. The van der Waals surface area contributed by atoms with Crippen LogP contribution in [0.25, 0.3) is 0 Å². The molecule has 9 fully saturated rings. The van der Waals surface area contributed by atoms with Gasteiger partial charge in [-0.3, -0.25) is 24.0 Å². The zero-order chi connectivity index (χ0) is 78.3. The predicted molar refractivity (Wildman–Crippen MR) is 358 cm³/mol. The molecule has 0 bridgehead atoms. The first-order valence-corrected chi connectivity index (χ1v) is 37.4. The summed E-state index contributed by atoms with van der Waals surface area (Å²) in [5, 5.41) is 158. The largest absolute Gasteiger partial charge is 0.462 e. The van der Waals surface area contributed by atoms with Crippen LogP contribution in [-0.2, 0) is 90.3 Å². The number of carbonyl (C=O) groups is 5. The minimum Gasteiger partial charge on any atom is -0.462 e. The second kappa shape index (κ2) is 32.3. The van der Waals surface area contributed by atoms with E-state index in [1.54, 1.807) is 0 Å². The van der Waals surface area contributed by atoms with Crippen LogP contribution >= 0.6 is 0 Å². The highest BCUT2D eigenvalue weighted by atomic mass is 16.8. The predicted octanol–water partition coefficient (Wildman–Crippen LogP) is -1.01. The average molecular weight is 1520 g/mol. The molecule has 0 aromatic rings. The number of aliphatic hydroxyl groups excluding tert-OH is 14. The van der Waals surface area contributed by atoms with Gasteiger partial charge in [-0.25, -0.2) is 0 Å². The molecule has 14 N–H and O–H groups in total. The quantitative estimate of drug-likeness (QED) is 0.0283. The highest BCUT2D eigenvalue weighted by Crippen LogP contribution is 2.76. The number of rotatable bonds is 21. The van der Waals surface area contributed by atoms with Crippen molar-refractivity contribution < 1.29 is 162 Å². The van der Waals surface area contributed by atoms with Gasteiger partial charge in [0.2, 0.25) is 6.29 Å². The van der Waals surface area contributed by atoms with E-state index in [1.807, 2.05) is 6.92 Å². The SMILES string of the molecule is CC(=O)O[C@H]1[C@@H](O)[C@H](O[C@H]2[C@H](OC(=O)[C@]34CCC(C)(C)C[C@H]3C3=CC[C@@H]5[C@@]6(C)C[C@H](O)[C@H](O[C@@H]7O[C@@H](C)[C@H](O)[C@@H](O)[C@H]7O)[C@@](C)(CO)[C@@H]6CC[C@@]5(C)[C@]3(C)C[C@H]4O)O[C@H](C)[C@H](OC(=O)C[C@H](C)OC(=O)CC(C)OC(=O)CC(C)O)[C@@H]2O)O[C@@H](C)[C@@H]1O[C@@H]1OC[C@@H](O)[C@H](O[C@@H]2O[C@@H](C)[C@H](O)[C@@H](O)[C@H]2O)[C@H]1O. The molecule has 38 atom stereocenters. The number of allylic oxidation sites excluding steroid dienone is 2. The Morgan fingerprint density at radius 3 is 1.64 bits per heavy atom. The van der Waals surface area contributed by atoms with Gasteiger partial charge in [-0.1, -0.05) is 53.2 Å². The molecule has 5 saturated heterocycles. The molecule has 0 aromatic carbocycles. The fourth-order valence-corrected chi connectivity index (χ4v) is 19.8. The van der Waals surface area contributed by atoms with E-state index in [0.717, 1.165) is 12.5 Å². The van der Waals surface area contributed by atoms with Gasteiger partial charge in [0.05, 0.1) is 81.3 Å². The fourth-order valence-electron chi connectivity index (χ4n) is 19.8. The number of hydrogen-bond acceptors (Lipinski definition) is 33. The van der Waals surface area contributed by atoms with Crippen molar-refractivity contribution in [1.29, 1.82) is 0 Å². The van der Waals surface area contributed by atoms with E-state index in [9.17, 15) is 90.7 Å². The Balaban J connectivity index is 0.923. The zero-order valence-electron chi connectivity index (χ0n) is 62.8. The summed E-state index contributed by atoms with van der Waals surface area (Å²) in [5.41, 5.74) is -4.47. The smallest absolute Gasteiger partial charge is 0.317 e. The van der Waals surface area contributed by atoms with E-state index in [4.69, 9.17) is 66.3 Å². The molecule has 33 nitrogen and oxygen atoms in total. The maximum absolute atomic E-state index is 16.1. The van der Waals surface area contributed by atoms with Gasteiger partial charge >= 0.3 is 29.8 Å². The molecule has 5 heterocycles. The maximum Gasteiger partial charge on any atom is 0.317 e. The summed E-state index contributed by atoms with van der Waals surface area (Å²) >= 11 is 0. The molecule has 5 aliphatic carbocycles. The minimum absolute atomic E-state index is 0.0462. The van der Waals surface area contributed by atoms with Crippen LogP contribution < -0.4 is 0 Å². The van der Waals surface area contributed by atoms with Crippen LogP contribution in [0.1, 0.15) is 168 Å². The van der Waals surface area contributed by atoms with Crippen LogP contribution in [-0.4, -0.2) is 299 Å². The Bertz CT molecular complexity index is 3120. The number of carbonyl (C=O) groups excluding carboxylic acids is 5. The van der Waals surface area contributed by atoms with Crippen molar-refractivity contribution >= 4 is 29.8 Å². The maximum atomic E-state index is 16.1. The first-order chi connectivity index (χ1) is 49.4. The van der Waals surface area contributed by atoms with Crippen LogP contribution in [0, 0.1) is 50.2 Å². The van der Waals surface area contributed by atoms with Crippen molar-refractivity contribution in [2.45, 2.75) is 352 Å². The van der Waals surface area contributed by atoms with Gasteiger partial charge in [0, 0.05) is 12.3 Å². The van der Waals surface area contributed by atoms with Crippen LogP contribution in [0.15, 0.2) is 11.6 Å². The lowest BCUT2D eigenvalue weighted by molar-refractivity contribution is -0.380. The van der Waals surface area contributed by atoms with Gasteiger partial charge in [0.1, 0.15) is 90.9 Å². The normalized spacial score (nSPS) is 48.7. The molecule has 0 aromatic heterocycles. The second-order valence-corrected chi connectivity index (χ2v) is 33.8. The highest BCUT2D eigenvalue weighted by molar-refractivity contribution is 5.80. The van der Waals surface area contributed by atoms with Crippen molar-refractivity contribution in [2.75, 3.05) is 13.2 Å². The number of ether oxygens (including phenoxy) is 14. The average Bonchev–Trinajstić information content (AvgIpc) is 0.669. The number of fused-ring (bicyclic) bond motifs is 7. The minimum atomic E-state index is -2.11. The standard InChI is InChI=1S/C73H116O33/c1-29(75)21-44(80)94-30(2)22-45(81)95-31(3)23-46(82)101-56-34(6)99-66(60(53(56)89)104-65-55(91)59(100-36(8)76)57(35(7)98-65)102-62-54(90)58(40(78)27-93-62)103-63-51(87)49(85)47(83)32(4)96-63)106-67(92)73-20-19-68(9,10)24-38(73)37-15-16-42-69(11)25-39(77)61(105-64-52(88)50(86)48(84)33(5)97-64)70(12,28-74)41(69)17-18-71(42,13)72(37,14)26-43(73)79/h15,29-35,38-43,47-66,74-75,77-79,83-91H,16-28H2,1-14H3/t29?,30?,31-,32-,33-,34+,35-,38-,39-,40+,41+,42+,43+,47-,48-,49+,50+,51+,52+,53-,54+,55+,56-,57-,58-,59-,60+,61-,62-,63-,64-,65-,66-,69-,70-,71+,72+,73+/m0/s1. The molecule has 5 aliphatic heterocycles. The lowest BCUT2D eigenvalue weighted by Gasteiger charge is -2.72. The number of esters is 5. The Morgan fingerprint density at radius 1 is 0.519 bits per heavy atom. The Labute approximate surface area is 616 Å². The van der Waals surface area contributed by atoms with Crippen molar-refractivity contribution in [3.63, 3.8) is 0 Å². The molecule has 0 radical (unpaired) electrons. The molecule has 10 rings (SSSR count). The third kappa shape index (κ3) is 16.0. The van der Waals surface area contributed by atoms with E-state index in [0.29, 0.717) is 32.1 Å². The van der Waals surface area contributed by atoms with E-state index in [2.05, 4.69) is 40.7 Å². The molecule has 4 saturated carbocycles. The second-order valence-electron chi connectivity index (χ2n) is 33.8.